The van der Waals surface area contributed by atoms with Gasteiger partial charge in [0.15, 0.2) is 0 Å². The number of hydrogen-bond donors (Lipinski definition) is 1. The van der Waals surface area contributed by atoms with E-state index in [2.05, 4.69) is 13.5 Å². The summed E-state index contributed by atoms with van der Waals surface area (Å²) in [6.07, 6.45) is 7.38. The highest BCUT2D eigenvalue weighted by Crippen LogP contribution is 2.15. The Hall–Kier alpha value is 0.0500. The molecule has 0 saturated carbocycles. The minimum absolute atomic E-state index is 0.181. The van der Waals surface area contributed by atoms with Gasteiger partial charge in [-0.15, -0.1) is 18.3 Å². The second-order valence-corrected chi connectivity index (χ2v) is 4.18. The van der Waals surface area contributed by atoms with Crippen LogP contribution in [0.1, 0.15) is 39.0 Å². The summed E-state index contributed by atoms with van der Waals surface area (Å²) in [6, 6.07) is 0. The molecule has 0 radical (unpaired) electrons. The van der Waals surface area contributed by atoms with Gasteiger partial charge in [-0.3, -0.25) is 0 Å². The molecule has 1 nitrogen and oxygen atoms in total. The number of aliphatic hydroxyl groups excluding tert-OH is 1. The van der Waals surface area contributed by atoms with Crippen LogP contribution >= 0.6 is 11.8 Å². The van der Waals surface area contributed by atoms with E-state index >= 15 is 0 Å². The van der Waals surface area contributed by atoms with Crippen molar-refractivity contribution in [2.75, 3.05) is 5.75 Å². The van der Waals surface area contributed by atoms with Crippen molar-refractivity contribution in [3.05, 3.63) is 12.7 Å². The highest BCUT2D eigenvalue weighted by molar-refractivity contribution is 7.99. The molecule has 0 aromatic rings. The highest BCUT2D eigenvalue weighted by atomic mass is 32.2. The minimum Gasteiger partial charge on any atom is -0.382 e. The first-order valence-corrected chi connectivity index (χ1v) is 5.76. The number of unbranched alkanes of at least 4 members (excludes halogenated alkanes) is 2. The van der Waals surface area contributed by atoms with Gasteiger partial charge < -0.3 is 5.11 Å². The van der Waals surface area contributed by atoms with E-state index in [9.17, 15) is 5.11 Å². The van der Waals surface area contributed by atoms with Crippen molar-refractivity contribution >= 4 is 11.8 Å². The Labute approximate surface area is 80.3 Å². The molecule has 0 spiro atoms. The summed E-state index contributed by atoms with van der Waals surface area (Å²) < 4.78 is 0. The smallest absolute Gasteiger partial charge is 0.0995 e. The van der Waals surface area contributed by atoms with Crippen molar-refractivity contribution in [2.24, 2.45) is 0 Å². The van der Waals surface area contributed by atoms with Gasteiger partial charge in [0.1, 0.15) is 0 Å². The van der Waals surface area contributed by atoms with Crippen LogP contribution in [0.4, 0.5) is 0 Å². The van der Waals surface area contributed by atoms with Gasteiger partial charge in [0.2, 0.25) is 0 Å². The fourth-order valence-corrected chi connectivity index (χ4v) is 1.86. The standard InChI is InChI=1S/C10H20OS/c1-3-5-7-9-12-10(11)8-6-4-2/h4,10-11H,2-3,5-9H2,1H3. The van der Waals surface area contributed by atoms with Gasteiger partial charge in [-0.2, -0.15) is 0 Å². The molecular weight excluding hydrogens is 168 g/mol. The lowest BCUT2D eigenvalue weighted by Crippen LogP contribution is -2.00. The third-order valence-electron chi connectivity index (χ3n) is 1.68. The minimum atomic E-state index is -0.181. The molecule has 0 amide bonds. The summed E-state index contributed by atoms with van der Waals surface area (Å²) in [5.41, 5.74) is -0.181. The summed E-state index contributed by atoms with van der Waals surface area (Å²) >= 11 is 1.66. The third-order valence-corrected chi connectivity index (χ3v) is 2.82. The van der Waals surface area contributed by atoms with Crippen LogP contribution in [0, 0.1) is 0 Å². The average Bonchev–Trinajstić information content (AvgIpc) is 2.09. The molecule has 72 valence electrons. The number of hydrogen-bond acceptors (Lipinski definition) is 2. The number of rotatable bonds is 8. The zero-order valence-electron chi connectivity index (χ0n) is 7.96. The maximum Gasteiger partial charge on any atom is 0.0995 e. The molecule has 0 aliphatic carbocycles. The van der Waals surface area contributed by atoms with E-state index in [0.717, 1.165) is 18.6 Å². The van der Waals surface area contributed by atoms with E-state index in [4.69, 9.17) is 0 Å². The molecule has 0 saturated heterocycles. The van der Waals surface area contributed by atoms with Gasteiger partial charge in [0.05, 0.1) is 5.44 Å². The fourth-order valence-electron chi connectivity index (χ4n) is 0.915. The quantitative estimate of drug-likeness (QED) is 0.358. The Morgan fingerprint density at radius 3 is 2.83 bits per heavy atom. The maximum atomic E-state index is 9.39. The Morgan fingerprint density at radius 2 is 2.25 bits per heavy atom. The Morgan fingerprint density at radius 1 is 1.50 bits per heavy atom. The van der Waals surface area contributed by atoms with Gasteiger partial charge in [-0.05, 0) is 25.0 Å². The molecule has 0 bridgehead atoms. The second kappa shape index (κ2) is 9.14. The van der Waals surface area contributed by atoms with Crippen molar-refractivity contribution in [1.29, 1.82) is 0 Å². The van der Waals surface area contributed by atoms with E-state index in [1.165, 1.54) is 19.3 Å². The van der Waals surface area contributed by atoms with E-state index < -0.39 is 0 Å². The van der Waals surface area contributed by atoms with Crippen LogP contribution in [0.2, 0.25) is 0 Å². The van der Waals surface area contributed by atoms with Gasteiger partial charge in [-0.1, -0.05) is 25.8 Å². The van der Waals surface area contributed by atoms with Gasteiger partial charge in [0, 0.05) is 0 Å². The zero-order chi connectivity index (χ0) is 9.23. The largest absolute Gasteiger partial charge is 0.382 e. The molecule has 0 heterocycles. The molecule has 0 aromatic carbocycles. The Bertz CT molecular complexity index is 104. The first-order valence-electron chi connectivity index (χ1n) is 4.71. The summed E-state index contributed by atoms with van der Waals surface area (Å²) in [5, 5.41) is 9.39. The fraction of sp³-hybridized carbons (Fsp3) is 0.800. The third kappa shape index (κ3) is 8.15. The van der Waals surface area contributed by atoms with Crippen molar-refractivity contribution in [2.45, 2.75) is 44.5 Å². The van der Waals surface area contributed by atoms with Crippen LogP contribution < -0.4 is 0 Å². The molecule has 12 heavy (non-hydrogen) atoms. The molecule has 0 aliphatic rings. The van der Waals surface area contributed by atoms with E-state index in [0.29, 0.717) is 0 Å². The monoisotopic (exact) mass is 188 g/mol. The van der Waals surface area contributed by atoms with Gasteiger partial charge in [0.25, 0.3) is 0 Å². The summed E-state index contributed by atoms with van der Waals surface area (Å²) in [6.45, 7) is 5.82. The molecule has 0 aliphatic heterocycles. The van der Waals surface area contributed by atoms with Crippen LogP contribution in [0.3, 0.4) is 0 Å². The summed E-state index contributed by atoms with van der Waals surface area (Å²) in [7, 11) is 0. The normalized spacial score (nSPS) is 12.8. The number of allylic oxidation sites excluding steroid dienone is 1. The first-order chi connectivity index (χ1) is 5.81. The van der Waals surface area contributed by atoms with Crippen LogP contribution in [0.15, 0.2) is 12.7 Å². The SMILES string of the molecule is C=CCCC(O)SCCCCC. The lowest BCUT2D eigenvalue weighted by Gasteiger charge is -2.07. The van der Waals surface area contributed by atoms with Crippen LogP contribution in [-0.4, -0.2) is 16.3 Å². The van der Waals surface area contributed by atoms with Gasteiger partial charge in [-0.25, -0.2) is 0 Å². The first kappa shape index (κ1) is 12.0. The van der Waals surface area contributed by atoms with Gasteiger partial charge >= 0.3 is 0 Å². The van der Waals surface area contributed by atoms with Crippen LogP contribution in [0.25, 0.3) is 0 Å². The lowest BCUT2D eigenvalue weighted by molar-refractivity contribution is 0.254. The highest BCUT2D eigenvalue weighted by Gasteiger charge is 2.01. The molecule has 1 unspecified atom stereocenters. The Balaban J connectivity index is 3.07. The zero-order valence-corrected chi connectivity index (χ0v) is 8.78. The summed E-state index contributed by atoms with van der Waals surface area (Å²) in [4.78, 5) is 0. The summed E-state index contributed by atoms with van der Waals surface area (Å²) in [5.74, 6) is 1.09. The predicted octanol–water partition coefficient (Wildman–Crippen LogP) is 3.19. The lowest BCUT2D eigenvalue weighted by atomic mass is 10.3. The number of aliphatic hydroxyl groups is 1. The Kier molecular flexibility index (Phi) is 9.18. The van der Waals surface area contributed by atoms with Crippen LogP contribution in [0.5, 0.6) is 0 Å². The van der Waals surface area contributed by atoms with E-state index in [-0.39, 0.29) is 5.44 Å². The van der Waals surface area contributed by atoms with Crippen molar-refractivity contribution in [3.8, 4) is 0 Å². The molecule has 1 N–H and O–H groups in total. The maximum absolute atomic E-state index is 9.39. The van der Waals surface area contributed by atoms with E-state index in [1.807, 2.05) is 6.08 Å². The van der Waals surface area contributed by atoms with Crippen molar-refractivity contribution in [1.82, 2.24) is 0 Å². The average molecular weight is 188 g/mol. The topological polar surface area (TPSA) is 20.2 Å². The van der Waals surface area contributed by atoms with Crippen LogP contribution in [-0.2, 0) is 0 Å². The molecule has 0 rings (SSSR count). The molecular formula is C10H20OS. The molecule has 0 aromatic heterocycles. The molecule has 0 fully saturated rings. The second-order valence-electron chi connectivity index (χ2n) is 2.90. The predicted molar refractivity (Wildman–Crippen MR) is 57.4 cm³/mol. The van der Waals surface area contributed by atoms with Crippen molar-refractivity contribution in [3.63, 3.8) is 0 Å². The van der Waals surface area contributed by atoms with E-state index in [1.54, 1.807) is 11.8 Å². The van der Waals surface area contributed by atoms with Crippen molar-refractivity contribution < 1.29 is 5.11 Å². The molecule has 1 atom stereocenters. The molecule has 2 heteroatoms. The number of thioether (sulfide) groups is 1.